The van der Waals surface area contributed by atoms with Crippen molar-refractivity contribution in [1.29, 1.82) is 63.1 Å². The molecule has 0 aromatic carbocycles. The van der Waals surface area contributed by atoms with E-state index in [1.54, 1.807) is 72.8 Å². The summed E-state index contributed by atoms with van der Waals surface area (Å²) < 4.78 is 0. The number of hydrogen-bond acceptors (Lipinski definition) is 24. The molecule has 0 atom stereocenters. The van der Waals surface area contributed by atoms with Gasteiger partial charge in [-0.05, 0) is 0 Å². The van der Waals surface area contributed by atoms with Gasteiger partial charge in [0.2, 0.25) is 0 Å². The third-order valence-electron chi connectivity index (χ3n) is 2.46. The molecule has 32 heteroatoms. The molecule has 0 spiro atoms. The Labute approximate surface area is 475 Å². The zero-order chi connectivity index (χ0) is 39.4. The van der Waals surface area contributed by atoms with Gasteiger partial charge in [0.25, 0.3) is 0 Å². The van der Waals surface area contributed by atoms with Crippen LogP contribution in [0, 0.1) is 136 Å². The van der Waals surface area contributed by atoms with E-state index in [0.717, 1.165) is 0 Å². The Morgan fingerprint density at radius 1 is 0.161 bits per heavy atom. The third-order valence-corrected chi connectivity index (χ3v) is 6.78. The second kappa shape index (κ2) is 68.8. The molecule has 8 radical (unpaired) electrons. The molecule has 0 heterocycles. The number of rotatable bonds is 0. The minimum atomic E-state index is -0.109. The molecule has 0 aromatic heterocycles. The fourth-order valence-corrected chi connectivity index (χ4v) is 1.16. The quantitative estimate of drug-likeness (QED) is 0.190. The standard InChI is InChI=1S/6C4H2N2S2.8Cu/c6*5-1-3(7)4(8)2-6;;;;;;;;/h6*7-8H;;;;;;;;/p-12. The summed E-state index contributed by atoms with van der Waals surface area (Å²) >= 11 is 52.2. The van der Waals surface area contributed by atoms with Gasteiger partial charge in [-0.15, -0.1) is 58.9 Å². The molecule has 0 saturated carbocycles. The first-order valence-corrected chi connectivity index (χ1v) is 14.5. The first kappa shape index (κ1) is 95.5. The summed E-state index contributed by atoms with van der Waals surface area (Å²) in [6.07, 6.45) is 0. The second-order valence-corrected chi connectivity index (χ2v) is 10.2. The number of hydrogen-bond donors (Lipinski definition) is 0. The summed E-state index contributed by atoms with van der Waals surface area (Å²) in [5.41, 5.74) is 0. The van der Waals surface area contributed by atoms with Gasteiger partial charge in [0, 0.05) is 137 Å². The largest absolute Gasteiger partial charge is 0.770 e. The van der Waals surface area contributed by atoms with E-state index in [-0.39, 0.29) is 195 Å². The van der Waals surface area contributed by atoms with Crippen molar-refractivity contribution in [2.24, 2.45) is 0 Å². The van der Waals surface area contributed by atoms with Crippen LogP contribution in [0.5, 0.6) is 0 Å². The Morgan fingerprint density at radius 2 is 0.196 bits per heavy atom. The van der Waals surface area contributed by atoms with Gasteiger partial charge in [-0.2, -0.15) is 63.1 Å². The zero-order valence-corrected chi connectivity index (χ0v) is 42.0. The average Bonchev–Trinajstić information content (AvgIpc) is 3.14. The molecule has 328 valence electrons. The van der Waals surface area contributed by atoms with Crippen LogP contribution in [0.4, 0.5) is 0 Å². The van der Waals surface area contributed by atoms with E-state index in [0.29, 0.717) is 0 Å². The fourth-order valence-electron chi connectivity index (χ4n) is 0.609. The molecular weight excluding hydrogens is 1350 g/mol. The molecule has 0 rings (SSSR count). The van der Waals surface area contributed by atoms with E-state index in [1.165, 1.54) is 0 Å². The van der Waals surface area contributed by atoms with Gasteiger partial charge in [-0.1, -0.05) is 0 Å². The molecule has 0 bridgehead atoms. The molecule has 0 fully saturated rings. The number of nitriles is 12. The summed E-state index contributed by atoms with van der Waals surface area (Å²) in [4.78, 5) is -1.31. The second-order valence-electron chi connectivity index (χ2n) is 5.29. The molecule has 12 nitrogen and oxygen atoms in total. The Hall–Kier alpha value is -0.884. The fraction of sp³-hybridized carbons (Fsp3) is 0. The molecule has 0 unspecified atom stereocenters. The van der Waals surface area contributed by atoms with Crippen LogP contribution in [0.1, 0.15) is 0 Å². The summed E-state index contributed by atoms with van der Waals surface area (Å²) in [7, 11) is 0. The van der Waals surface area contributed by atoms with Crippen LogP contribution in [-0.2, 0) is 288 Å². The Morgan fingerprint density at radius 3 is 0.214 bits per heavy atom. The number of nitrogens with zero attached hydrogens (tertiary/aromatic N) is 12. The van der Waals surface area contributed by atoms with E-state index in [2.05, 4.69) is 152 Å². The minimum Gasteiger partial charge on any atom is -0.770 e. The first-order valence-electron chi connectivity index (χ1n) is 9.63. The van der Waals surface area contributed by atoms with Crippen LogP contribution in [0.3, 0.4) is 0 Å². The van der Waals surface area contributed by atoms with Crippen LogP contribution in [0.25, 0.3) is 0 Å². The Bertz CT molecular complexity index is 1420. The summed E-state index contributed by atoms with van der Waals surface area (Å²) in [6, 6.07) is 19.0. The van der Waals surface area contributed by atoms with E-state index in [9.17, 15) is 0 Å². The van der Waals surface area contributed by atoms with Gasteiger partial charge in [0.1, 0.15) is 0 Å². The van der Waals surface area contributed by atoms with Crippen molar-refractivity contribution in [3.8, 4) is 72.8 Å². The SMILES string of the molecule is N#CC([S-])=C([S-])C#N.N#CC([S-])=C([S-])C#N.N#CC([S-])=C([S-])C#N.N#CC([S-])=C([S-])C#N.N#CC([S-])=C([S-])C#N.N#CC([S-])=C([S-])C#N.[Cu].[Cu].[Cu].[Cu].[Cu].[Cu].[Cu].[Cu]. The van der Waals surface area contributed by atoms with Crippen molar-refractivity contribution in [1.82, 2.24) is 0 Å². The Balaban J connectivity index is -0.0000000306. The molecule has 0 aliphatic heterocycles. The Kier molecular flexibility index (Phi) is 117. The predicted molar refractivity (Wildman–Crippen MR) is 198 cm³/mol. The van der Waals surface area contributed by atoms with Gasteiger partial charge in [-0.25, -0.2) is 0 Å². The summed E-state index contributed by atoms with van der Waals surface area (Å²) in [5.74, 6) is 0. The maximum atomic E-state index is 8.01. The van der Waals surface area contributed by atoms with Crippen LogP contribution in [-0.4, -0.2) is 0 Å². The van der Waals surface area contributed by atoms with Crippen molar-refractivity contribution < 1.29 is 137 Å². The van der Waals surface area contributed by atoms with Gasteiger partial charge in [-0.3, -0.25) is 0 Å². The molecule has 0 aliphatic rings. The number of allylic oxidation sites excluding steroid dienone is 12. The molecule has 56 heavy (non-hydrogen) atoms. The van der Waals surface area contributed by atoms with E-state index in [1.807, 2.05) is 0 Å². The molecule has 0 aliphatic carbocycles. The maximum absolute atomic E-state index is 8.01. The summed E-state index contributed by atoms with van der Waals surface area (Å²) in [5, 5.41) is 96.1. The summed E-state index contributed by atoms with van der Waals surface area (Å²) in [6.45, 7) is 0. The predicted octanol–water partition coefficient (Wildman–Crippen LogP) is 2.01. The van der Waals surface area contributed by atoms with E-state index < -0.39 is 0 Å². The van der Waals surface area contributed by atoms with Crippen molar-refractivity contribution in [3.05, 3.63) is 58.9 Å². The monoisotopic (exact) mass is 1340 g/mol. The first-order chi connectivity index (χ1) is 22.3. The van der Waals surface area contributed by atoms with Crippen molar-refractivity contribution in [2.45, 2.75) is 0 Å². The normalized spacial score (nSPS) is 9.21. The van der Waals surface area contributed by atoms with Gasteiger partial charge in [0.05, 0.1) is 72.8 Å². The smallest absolute Gasteiger partial charge is 0.0694 e. The van der Waals surface area contributed by atoms with Crippen molar-refractivity contribution >= 4 is 152 Å². The van der Waals surface area contributed by atoms with Gasteiger partial charge >= 0.3 is 0 Å². The van der Waals surface area contributed by atoms with Crippen molar-refractivity contribution in [3.63, 3.8) is 0 Å². The molecular formula is C24Cu8N12S12-12. The maximum Gasteiger partial charge on any atom is 0.0694 e. The molecule has 0 saturated heterocycles. The van der Waals surface area contributed by atoms with E-state index in [4.69, 9.17) is 63.1 Å². The molecule has 0 aromatic rings. The van der Waals surface area contributed by atoms with E-state index >= 15 is 0 Å². The van der Waals surface area contributed by atoms with Crippen LogP contribution in [0.2, 0.25) is 0 Å². The van der Waals surface area contributed by atoms with Crippen LogP contribution < -0.4 is 0 Å². The van der Waals surface area contributed by atoms with Crippen LogP contribution >= 0.6 is 0 Å². The van der Waals surface area contributed by atoms with Crippen LogP contribution in [0.15, 0.2) is 58.9 Å². The topological polar surface area (TPSA) is 285 Å². The average molecular weight is 1350 g/mol. The molecule has 0 N–H and O–H groups in total. The van der Waals surface area contributed by atoms with Gasteiger partial charge in [0.15, 0.2) is 0 Å². The van der Waals surface area contributed by atoms with Gasteiger partial charge < -0.3 is 152 Å². The zero-order valence-electron chi connectivity index (χ0n) is 24.7. The van der Waals surface area contributed by atoms with Crippen molar-refractivity contribution in [2.75, 3.05) is 0 Å². The molecule has 0 amide bonds. The third kappa shape index (κ3) is 65.0. The minimum absolute atomic E-state index is 0.